The fraction of sp³-hybridized carbons (Fsp3) is 0.375. The summed E-state index contributed by atoms with van der Waals surface area (Å²) >= 11 is 1.62. The molecule has 0 saturated carbocycles. The third-order valence-electron chi connectivity index (χ3n) is 4.00. The first-order valence-corrected chi connectivity index (χ1v) is 8.30. The van der Waals surface area contributed by atoms with Crippen LogP contribution in [-0.2, 0) is 6.54 Å². The minimum Gasteiger partial charge on any atom is -0.354 e. The smallest absolute Gasteiger partial charge is 0.260 e. The molecule has 1 aliphatic heterocycles. The Hall–Kier alpha value is -1.92. The number of hydrogen-bond acceptors (Lipinski definition) is 5. The molecule has 0 radical (unpaired) electrons. The molecule has 5 nitrogen and oxygen atoms in total. The normalized spacial score (nSPS) is 16.9. The Morgan fingerprint density at radius 2 is 2.14 bits per heavy atom. The highest BCUT2D eigenvalue weighted by Crippen LogP contribution is 2.23. The van der Waals surface area contributed by atoms with E-state index in [1.807, 2.05) is 39.3 Å². The zero-order valence-corrected chi connectivity index (χ0v) is 14.0. The van der Waals surface area contributed by atoms with Crippen molar-refractivity contribution >= 4 is 17.0 Å². The molecule has 2 aromatic rings. The molecule has 2 N–H and O–H groups in total. The monoisotopic (exact) mass is 316 g/mol. The van der Waals surface area contributed by atoms with Gasteiger partial charge in [0.05, 0.1) is 0 Å². The number of aromatic nitrogens is 1. The SMILES string of the molecule is CCn1c(=O)c(-c2cscc2C)cc2c1=NC(NC)NC=2C. The van der Waals surface area contributed by atoms with Crippen LogP contribution in [0, 0.1) is 6.92 Å². The maximum absolute atomic E-state index is 12.9. The summed E-state index contributed by atoms with van der Waals surface area (Å²) in [5.41, 5.74) is 4.70. The molecule has 1 unspecified atom stereocenters. The average Bonchev–Trinajstić information content (AvgIpc) is 2.92. The highest BCUT2D eigenvalue weighted by atomic mass is 32.1. The lowest BCUT2D eigenvalue weighted by Gasteiger charge is -2.21. The van der Waals surface area contributed by atoms with E-state index in [1.165, 1.54) is 0 Å². The minimum absolute atomic E-state index is 0.0241. The predicted octanol–water partition coefficient (Wildman–Crippen LogP) is 0.759. The van der Waals surface area contributed by atoms with Gasteiger partial charge in [-0.15, -0.1) is 0 Å². The number of aryl methyl sites for hydroxylation is 1. The van der Waals surface area contributed by atoms with Gasteiger partial charge in [-0.25, -0.2) is 4.99 Å². The number of thiophene rings is 1. The summed E-state index contributed by atoms with van der Waals surface area (Å²) in [4.78, 5) is 17.5. The van der Waals surface area contributed by atoms with E-state index in [1.54, 1.807) is 15.9 Å². The van der Waals surface area contributed by atoms with Crippen LogP contribution in [0.5, 0.6) is 0 Å². The molecule has 0 amide bonds. The number of hydrogen-bond donors (Lipinski definition) is 2. The second-order valence-electron chi connectivity index (χ2n) is 5.40. The third kappa shape index (κ3) is 2.28. The van der Waals surface area contributed by atoms with E-state index in [2.05, 4.69) is 21.0 Å². The molecule has 0 saturated heterocycles. The number of nitrogens with one attached hydrogen (secondary N) is 2. The van der Waals surface area contributed by atoms with Gasteiger partial charge in [0.15, 0.2) is 6.29 Å². The molecule has 1 atom stereocenters. The number of rotatable bonds is 3. The molecule has 0 spiro atoms. The van der Waals surface area contributed by atoms with Gasteiger partial charge in [-0.05, 0) is 50.2 Å². The lowest BCUT2D eigenvalue weighted by molar-refractivity contribution is 0.501. The molecule has 6 heteroatoms. The van der Waals surface area contributed by atoms with Gasteiger partial charge in [-0.2, -0.15) is 11.3 Å². The van der Waals surface area contributed by atoms with Crippen molar-refractivity contribution in [3.05, 3.63) is 43.5 Å². The average molecular weight is 316 g/mol. The number of pyridine rings is 1. The van der Waals surface area contributed by atoms with Crippen molar-refractivity contribution in [2.75, 3.05) is 7.05 Å². The van der Waals surface area contributed by atoms with E-state index in [0.717, 1.165) is 33.1 Å². The topological polar surface area (TPSA) is 58.4 Å². The van der Waals surface area contributed by atoms with Crippen molar-refractivity contribution < 1.29 is 0 Å². The van der Waals surface area contributed by atoms with Gasteiger partial charge in [0, 0.05) is 28.6 Å². The van der Waals surface area contributed by atoms with Crippen LogP contribution in [0.3, 0.4) is 0 Å². The van der Waals surface area contributed by atoms with Gasteiger partial charge in [-0.3, -0.25) is 14.7 Å². The van der Waals surface area contributed by atoms with Crippen LogP contribution in [0.1, 0.15) is 19.4 Å². The van der Waals surface area contributed by atoms with E-state index in [9.17, 15) is 4.79 Å². The number of nitrogens with zero attached hydrogens (tertiary/aromatic N) is 2. The molecule has 116 valence electrons. The minimum atomic E-state index is -0.196. The summed E-state index contributed by atoms with van der Waals surface area (Å²) in [5.74, 6) is 0. The molecular weight excluding hydrogens is 296 g/mol. The van der Waals surface area contributed by atoms with Gasteiger partial charge < -0.3 is 5.32 Å². The zero-order valence-electron chi connectivity index (χ0n) is 13.2. The summed E-state index contributed by atoms with van der Waals surface area (Å²) in [6.07, 6.45) is -0.196. The maximum atomic E-state index is 12.9. The Kier molecular flexibility index (Phi) is 3.88. The highest BCUT2D eigenvalue weighted by Gasteiger charge is 2.16. The maximum Gasteiger partial charge on any atom is 0.260 e. The van der Waals surface area contributed by atoms with E-state index >= 15 is 0 Å². The summed E-state index contributed by atoms with van der Waals surface area (Å²) in [6.45, 7) is 6.64. The molecule has 3 heterocycles. The lowest BCUT2D eigenvalue weighted by Crippen LogP contribution is -2.53. The quantitative estimate of drug-likeness (QED) is 0.879. The van der Waals surface area contributed by atoms with Gasteiger partial charge >= 0.3 is 0 Å². The second-order valence-corrected chi connectivity index (χ2v) is 6.15. The predicted molar refractivity (Wildman–Crippen MR) is 90.3 cm³/mol. The molecule has 1 aliphatic rings. The second kappa shape index (κ2) is 5.70. The number of fused-ring (bicyclic) bond motifs is 1. The summed E-state index contributed by atoms with van der Waals surface area (Å²) < 4.78 is 1.76. The Labute approximate surface area is 133 Å². The fourth-order valence-corrected chi connectivity index (χ4v) is 3.62. The van der Waals surface area contributed by atoms with Crippen molar-refractivity contribution in [3.63, 3.8) is 0 Å². The van der Waals surface area contributed by atoms with Crippen LogP contribution in [0.2, 0.25) is 0 Å². The van der Waals surface area contributed by atoms with Crippen molar-refractivity contribution in [1.82, 2.24) is 15.2 Å². The standard InChI is InChI=1S/C16H20N4OS/c1-5-20-14-11(10(3)18-16(17-4)19-14)6-12(15(20)21)13-8-22-7-9(13)2/h6-8,16-18H,5H2,1-4H3. The molecule has 2 aromatic heterocycles. The third-order valence-corrected chi connectivity index (χ3v) is 4.87. The summed E-state index contributed by atoms with van der Waals surface area (Å²) in [7, 11) is 1.84. The van der Waals surface area contributed by atoms with E-state index in [-0.39, 0.29) is 11.8 Å². The van der Waals surface area contributed by atoms with Gasteiger partial charge in [-0.1, -0.05) is 0 Å². The van der Waals surface area contributed by atoms with E-state index in [4.69, 9.17) is 0 Å². The van der Waals surface area contributed by atoms with Crippen molar-refractivity contribution in [2.24, 2.45) is 4.99 Å². The van der Waals surface area contributed by atoms with E-state index < -0.39 is 0 Å². The first-order chi connectivity index (χ1) is 10.6. The fourth-order valence-electron chi connectivity index (χ4n) is 2.77. The molecular formula is C16H20N4OS. The zero-order chi connectivity index (χ0) is 15.9. The Morgan fingerprint density at radius 3 is 2.73 bits per heavy atom. The molecule has 0 bridgehead atoms. The van der Waals surface area contributed by atoms with Gasteiger partial charge in [0.25, 0.3) is 5.56 Å². The van der Waals surface area contributed by atoms with Gasteiger partial charge in [0.1, 0.15) is 5.49 Å². The lowest BCUT2D eigenvalue weighted by atomic mass is 10.1. The van der Waals surface area contributed by atoms with Crippen molar-refractivity contribution in [2.45, 2.75) is 33.6 Å². The molecule has 22 heavy (non-hydrogen) atoms. The Morgan fingerprint density at radius 1 is 1.36 bits per heavy atom. The van der Waals surface area contributed by atoms with Crippen LogP contribution in [0.4, 0.5) is 0 Å². The first-order valence-electron chi connectivity index (χ1n) is 7.36. The van der Waals surface area contributed by atoms with Crippen LogP contribution >= 0.6 is 11.3 Å². The Bertz CT molecular complexity index is 894. The van der Waals surface area contributed by atoms with Crippen molar-refractivity contribution in [1.29, 1.82) is 0 Å². The summed E-state index contributed by atoms with van der Waals surface area (Å²) in [6, 6.07) is 1.97. The van der Waals surface area contributed by atoms with Crippen LogP contribution < -0.4 is 26.9 Å². The molecule has 0 aromatic carbocycles. The molecule has 0 aliphatic carbocycles. The van der Waals surface area contributed by atoms with E-state index in [0.29, 0.717) is 6.54 Å². The first kappa shape index (κ1) is 15.0. The van der Waals surface area contributed by atoms with Gasteiger partial charge in [0.2, 0.25) is 0 Å². The van der Waals surface area contributed by atoms with Crippen LogP contribution in [-0.4, -0.2) is 17.9 Å². The Balaban J connectivity index is 2.41. The molecule has 3 rings (SSSR count). The largest absolute Gasteiger partial charge is 0.354 e. The molecule has 0 fully saturated rings. The summed E-state index contributed by atoms with van der Waals surface area (Å²) in [5, 5.41) is 11.5. The van der Waals surface area contributed by atoms with Crippen molar-refractivity contribution in [3.8, 4) is 11.1 Å². The highest BCUT2D eigenvalue weighted by molar-refractivity contribution is 7.08. The van der Waals surface area contributed by atoms with Crippen LogP contribution in [0.15, 0.2) is 26.6 Å². The van der Waals surface area contributed by atoms with Crippen LogP contribution in [0.25, 0.3) is 16.8 Å².